The van der Waals surface area contributed by atoms with Crippen LogP contribution in [-0.2, 0) is 0 Å². The second kappa shape index (κ2) is 4.37. The molecule has 4 nitrogen and oxygen atoms in total. The van der Waals surface area contributed by atoms with Crippen LogP contribution in [0.4, 0.5) is 0 Å². The first-order valence-electron chi connectivity index (χ1n) is 5.00. The van der Waals surface area contributed by atoms with E-state index in [4.69, 9.17) is 4.74 Å². The van der Waals surface area contributed by atoms with Gasteiger partial charge in [0.2, 0.25) is 5.88 Å². The predicted molar refractivity (Wildman–Crippen MR) is 53.3 cm³/mol. The summed E-state index contributed by atoms with van der Waals surface area (Å²) in [6.07, 6.45) is 4.09. The van der Waals surface area contributed by atoms with Crippen molar-refractivity contribution in [1.82, 2.24) is 15.3 Å². The Balaban J connectivity index is 1.95. The van der Waals surface area contributed by atoms with Gasteiger partial charge in [-0.1, -0.05) is 0 Å². The molecule has 2 rings (SSSR count). The van der Waals surface area contributed by atoms with Crippen molar-refractivity contribution >= 4 is 0 Å². The van der Waals surface area contributed by atoms with E-state index in [1.807, 2.05) is 13.0 Å². The van der Waals surface area contributed by atoms with Crippen LogP contribution in [0.15, 0.2) is 12.4 Å². The fourth-order valence-corrected chi connectivity index (χ4v) is 1.59. The van der Waals surface area contributed by atoms with Gasteiger partial charge in [-0.3, -0.25) is 0 Å². The van der Waals surface area contributed by atoms with E-state index in [9.17, 15) is 0 Å². The minimum atomic E-state index is 0.262. The van der Waals surface area contributed by atoms with Gasteiger partial charge in [0.1, 0.15) is 12.4 Å². The van der Waals surface area contributed by atoms with Crippen LogP contribution in [0.1, 0.15) is 18.5 Å². The zero-order chi connectivity index (χ0) is 9.80. The van der Waals surface area contributed by atoms with Crippen LogP contribution in [0.3, 0.4) is 0 Å². The molecule has 2 heterocycles. The number of aromatic nitrogens is 2. The van der Waals surface area contributed by atoms with Crippen molar-refractivity contribution in [3.63, 3.8) is 0 Å². The van der Waals surface area contributed by atoms with Crippen LogP contribution in [-0.4, -0.2) is 29.2 Å². The Hall–Kier alpha value is -1.16. The predicted octanol–water partition coefficient (Wildman–Crippen LogP) is 0.916. The molecule has 1 unspecified atom stereocenters. The van der Waals surface area contributed by atoms with Gasteiger partial charge in [0, 0.05) is 18.3 Å². The summed E-state index contributed by atoms with van der Waals surface area (Å²) in [6.45, 7) is 3.96. The molecule has 0 bridgehead atoms. The van der Waals surface area contributed by atoms with Crippen molar-refractivity contribution in [2.45, 2.75) is 25.9 Å². The highest BCUT2D eigenvalue weighted by Crippen LogP contribution is 2.12. The summed E-state index contributed by atoms with van der Waals surface area (Å²) in [4.78, 5) is 8.10. The van der Waals surface area contributed by atoms with Crippen molar-refractivity contribution in [2.75, 3.05) is 13.1 Å². The largest absolute Gasteiger partial charge is 0.473 e. The topological polar surface area (TPSA) is 47.0 Å². The van der Waals surface area contributed by atoms with Gasteiger partial charge in [0.25, 0.3) is 0 Å². The summed E-state index contributed by atoms with van der Waals surface area (Å²) in [7, 11) is 0. The number of rotatable bonds is 2. The third-order valence-electron chi connectivity index (χ3n) is 2.32. The molecule has 1 N–H and O–H groups in total. The Morgan fingerprint density at radius 1 is 1.50 bits per heavy atom. The Labute approximate surface area is 83.7 Å². The van der Waals surface area contributed by atoms with E-state index in [0.29, 0.717) is 5.88 Å². The number of piperidine rings is 1. The van der Waals surface area contributed by atoms with Crippen LogP contribution in [0, 0.1) is 6.92 Å². The van der Waals surface area contributed by atoms with Gasteiger partial charge < -0.3 is 10.1 Å². The molecule has 1 fully saturated rings. The van der Waals surface area contributed by atoms with E-state index in [1.54, 1.807) is 6.33 Å². The zero-order valence-electron chi connectivity index (χ0n) is 8.36. The van der Waals surface area contributed by atoms with Gasteiger partial charge in [-0.05, 0) is 26.3 Å². The Morgan fingerprint density at radius 2 is 2.43 bits per heavy atom. The molecule has 1 aliphatic heterocycles. The lowest BCUT2D eigenvalue weighted by Gasteiger charge is -2.23. The first-order valence-corrected chi connectivity index (χ1v) is 5.00. The highest BCUT2D eigenvalue weighted by molar-refractivity contribution is 5.12. The molecule has 1 saturated heterocycles. The molecule has 76 valence electrons. The fraction of sp³-hybridized carbons (Fsp3) is 0.600. The number of hydrogen-bond acceptors (Lipinski definition) is 4. The summed E-state index contributed by atoms with van der Waals surface area (Å²) in [5, 5.41) is 3.30. The van der Waals surface area contributed by atoms with E-state index in [1.165, 1.54) is 6.42 Å². The van der Waals surface area contributed by atoms with Crippen LogP contribution < -0.4 is 10.1 Å². The summed E-state index contributed by atoms with van der Waals surface area (Å²) < 4.78 is 5.72. The van der Waals surface area contributed by atoms with Crippen LogP contribution >= 0.6 is 0 Å². The molecule has 0 amide bonds. The van der Waals surface area contributed by atoms with E-state index >= 15 is 0 Å². The molecule has 1 atom stereocenters. The van der Waals surface area contributed by atoms with Crippen molar-refractivity contribution in [3.8, 4) is 5.88 Å². The summed E-state index contributed by atoms with van der Waals surface area (Å²) in [5.74, 6) is 0.686. The standard InChI is InChI=1S/C10H15N3O/c1-8-5-10(13-7-12-8)14-9-3-2-4-11-6-9/h5,7,9,11H,2-4,6H2,1H3. The lowest BCUT2D eigenvalue weighted by Crippen LogP contribution is -2.37. The SMILES string of the molecule is Cc1cc(OC2CCCNC2)ncn1. The maximum absolute atomic E-state index is 5.72. The Bertz CT molecular complexity index is 297. The highest BCUT2D eigenvalue weighted by atomic mass is 16.5. The van der Waals surface area contributed by atoms with Gasteiger partial charge >= 0.3 is 0 Å². The second-order valence-corrected chi connectivity index (χ2v) is 3.58. The molecule has 0 saturated carbocycles. The molecule has 1 aliphatic rings. The first kappa shape index (κ1) is 9.40. The van der Waals surface area contributed by atoms with Gasteiger partial charge in [-0.15, -0.1) is 0 Å². The molecular formula is C10H15N3O. The lowest BCUT2D eigenvalue weighted by molar-refractivity contribution is 0.160. The smallest absolute Gasteiger partial charge is 0.216 e. The van der Waals surface area contributed by atoms with Gasteiger partial charge in [0.15, 0.2) is 0 Å². The van der Waals surface area contributed by atoms with Gasteiger partial charge in [-0.2, -0.15) is 0 Å². The zero-order valence-corrected chi connectivity index (χ0v) is 8.36. The molecule has 1 aromatic rings. The minimum Gasteiger partial charge on any atom is -0.473 e. The molecule has 0 radical (unpaired) electrons. The number of hydrogen-bond donors (Lipinski definition) is 1. The molecule has 0 aromatic carbocycles. The van der Waals surface area contributed by atoms with E-state index in [0.717, 1.165) is 25.2 Å². The third-order valence-corrected chi connectivity index (χ3v) is 2.32. The normalized spacial score (nSPS) is 21.9. The van der Waals surface area contributed by atoms with Crippen LogP contribution in [0.25, 0.3) is 0 Å². The molecule has 0 spiro atoms. The maximum atomic E-state index is 5.72. The monoisotopic (exact) mass is 193 g/mol. The van der Waals surface area contributed by atoms with E-state index < -0.39 is 0 Å². The Kier molecular flexibility index (Phi) is 2.93. The summed E-state index contributed by atoms with van der Waals surface area (Å²) >= 11 is 0. The molecule has 4 heteroatoms. The van der Waals surface area contributed by atoms with Crippen molar-refractivity contribution in [3.05, 3.63) is 18.1 Å². The average Bonchev–Trinajstić information content (AvgIpc) is 2.19. The van der Waals surface area contributed by atoms with Crippen LogP contribution in [0.5, 0.6) is 5.88 Å². The minimum absolute atomic E-state index is 0.262. The van der Waals surface area contributed by atoms with Crippen molar-refractivity contribution in [2.24, 2.45) is 0 Å². The van der Waals surface area contributed by atoms with Crippen molar-refractivity contribution < 1.29 is 4.74 Å². The summed E-state index contributed by atoms with van der Waals surface area (Å²) in [5.41, 5.74) is 0.943. The van der Waals surface area contributed by atoms with Gasteiger partial charge in [-0.25, -0.2) is 9.97 Å². The quantitative estimate of drug-likeness (QED) is 0.758. The lowest BCUT2D eigenvalue weighted by atomic mass is 10.1. The second-order valence-electron chi connectivity index (χ2n) is 3.58. The fourth-order valence-electron chi connectivity index (χ4n) is 1.59. The maximum Gasteiger partial charge on any atom is 0.216 e. The van der Waals surface area contributed by atoms with Crippen molar-refractivity contribution in [1.29, 1.82) is 0 Å². The first-order chi connectivity index (χ1) is 6.84. The summed E-state index contributed by atoms with van der Waals surface area (Å²) in [6, 6.07) is 1.87. The number of aryl methyl sites for hydroxylation is 1. The van der Waals surface area contributed by atoms with E-state index in [2.05, 4.69) is 15.3 Å². The molecular weight excluding hydrogens is 178 g/mol. The molecule has 14 heavy (non-hydrogen) atoms. The third kappa shape index (κ3) is 2.42. The van der Waals surface area contributed by atoms with E-state index in [-0.39, 0.29) is 6.10 Å². The van der Waals surface area contributed by atoms with Gasteiger partial charge in [0.05, 0.1) is 0 Å². The Morgan fingerprint density at radius 3 is 3.14 bits per heavy atom. The number of nitrogens with zero attached hydrogens (tertiary/aromatic N) is 2. The number of nitrogens with one attached hydrogen (secondary N) is 1. The molecule has 1 aromatic heterocycles. The molecule has 0 aliphatic carbocycles. The number of ether oxygens (including phenoxy) is 1. The highest BCUT2D eigenvalue weighted by Gasteiger charge is 2.14. The average molecular weight is 193 g/mol. The van der Waals surface area contributed by atoms with Crippen LogP contribution in [0.2, 0.25) is 0 Å².